The van der Waals surface area contributed by atoms with Crippen molar-refractivity contribution in [3.63, 3.8) is 0 Å². The van der Waals surface area contributed by atoms with Gasteiger partial charge in [-0.05, 0) is 13.8 Å². The lowest BCUT2D eigenvalue weighted by atomic mass is 10.3. The second kappa shape index (κ2) is 12.5. The van der Waals surface area contributed by atoms with Gasteiger partial charge in [0, 0.05) is 12.8 Å². The third-order valence-corrected chi connectivity index (χ3v) is 1.22. The Kier molecular flexibility index (Phi) is 17.1. The summed E-state index contributed by atoms with van der Waals surface area (Å²) in [5.74, 6) is 0.448. The largest absolute Gasteiger partial charge is 0.481 e. The molecule has 0 atom stereocenters. The van der Waals surface area contributed by atoms with Crippen molar-refractivity contribution in [1.82, 2.24) is 0 Å². The number of ether oxygens (including phenoxy) is 2. The molecule has 0 radical (unpaired) electrons. The molecule has 2 N–H and O–H groups in total. The second-order valence-corrected chi connectivity index (χ2v) is 2.21. The lowest BCUT2D eigenvalue weighted by molar-refractivity contribution is 0.302. The molecule has 0 aromatic carbocycles. The van der Waals surface area contributed by atoms with Gasteiger partial charge >= 0.3 is 0 Å². The maximum absolute atomic E-state index is 7.24. The average molecular weight is 245 g/mol. The molecule has 0 aromatic heterocycles. The highest BCUT2D eigenvalue weighted by atomic mass is 35.5. The Balaban J connectivity index is -0.000000605. The lowest BCUT2D eigenvalue weighted by Crippen LogP contribution is -2.08. The maximum atomic E-state index is 7.24. The third-order valence-electron chi connectivity index (χ3n) is 1.22. The molecule has 0 aromatic rings. The van der Waals surface area contributed by atoms with E-state index in [-0.39, 0.29) is 36.6 Å². The fourth-order valence-electron chi connectivity index (χ4n) is 0.720. The van der Waals surface area contributed by atoms with Gasteiger partial charge in [-0.1, -0.05) is 0 Å². The Morgan fingerprint density at radius 3 is 1.36 bits per heavy atom. The molecular formula is C8H18Cl2N2O2. The minimum absolute atomic E-state index is 0. The normalized spacial score (nSPS) is 7.86. The Hall–Kier alpha value is -0.480. The van der Waals surface area contributed by atoms with Gasteiger partial charge in [0.05, 0.1) is 13.2 Å². The molecule has 14 heavy (non-hydrogen) atoms. The van der Waals surface area contributed by atoms with E-state index < -0.39 is 0 Å². The highest BCUT2D eigenvalue weighted by Gasteiger charge is 2.00. The van der Waals surface area contributed by atoms with Crippen LogP contribution in [-0.4, -0.2) is 25.0 Å². The molecular weight excluding hydrogens is 227 g/mol. The zero-order valence-corrected chi connectivity index (χ0v) is 10.1. The van der Waals surface area contributed by atoms with Crippen LogP contribution in [0.4, 0.5) is 0 Å². The Morgan fingerprint density at radius 1 is 0.857 bits per heavy atom. The second-order valence-electron chi connectivity index (χ2n) is 2.21. The van der Waals surface area contributed by atoms with E-state index in [1.807, 2.05) is 13.8 Å². The summed E-state index contributed by atoms with van der Waals surface area (Å²) in [5.41, 5.74) is 0. The van der Waals surface area contributed by atoms with Gasteiger partial charge < -0.3 is 9.47 Å². The summed E-state index contributed by atoms with van der Waals surface area (Å²) >= 11 is 0. The molecule has 0 aliphatic heterocycles. The van der Waals surface area contributed by atoms with Gasteiger partial charge in [-0.15, -0.1) is 24.8 Å². The van der Waals surface area contributed by atoms with E-state index in [9.17, 15) is 0 Å². The van der Waals surface area contributed by atoms with E-state index in [1.165, 1.54) is 0 Å². The van der Waals surface area contributed by atoms with Crippen molar-refractivity contribution in [3.8, 4) is 0 Å². The summed E-state index contributed by atoms with van der Waals surface area (Å²) in [4.78, 5) is 0. The highest BCUT2D eigenvalue weighted by Crippen LogP contribution is 1.96. The van der Waals surface area contributed by atoms with Crippen LogP contribution in [-0.2, 0) is 9.47 Å². The molecule has 86 valence electrons. The van der Waals surface area contributed by atoms with Crippen LogP contribution in [0.25, 0.3) is 0 Å². The van der Waals surface area contributed by atoms with Crippen LogP contribution >= 0.6 is 24.8 Å². The molecule has 0 heterocycles. The summed E-state index contributed by atoms with van der Waals surface area (Å²) in [6.45, 7) is 4.70. The first-order valence-corrected chi connectivity index (χ1v) is 4.11. The van der Waals surface area contributed by atoms with Crippen LogP contribution in [0.1, 0.15) is 26.7 Å². The van der Waals surface area contributed by atoms with Crippen LogP contribution in [0.2, 0.25) is 0 Å². The van der Waals surface area contributed by atoms with Crippen molar-refractivity contribution < 1.29 is 9.47 Å². The predicted molar refractivity (Wildman–Crippen MR) is 62.4 cm³/mol. The number of hydrogen-bond donors (Lipinski definition) is 2. The van der Waals surface area contributed by atoms with Crippen molar-refractivity contribution in [3.05, 3.63) is 0 Å². The van der Waals surface area contributed by atoms with Crippen LogP contribution < -0.4 is 0 Å². The molecule has 0 saturated carbocycles. The van der Waals surface area contributed by atoms with Crippen molar-refractivity contribution in [1.29, 1.82) is 10.8 Å². The molecule has 0 aliphatic carbocycles. The number of nitrogens with one attached hydrogen (secondary N) is 2. The minimum atomic E-state index is 0. The van der Waals surface area contributed by atoms with Crippen molar-refractivity contribution >= 4 is 36.6 Å². The molecule has 0 saturated heterocycles. The van der Waals surface area contributed by atoms with Crippen molar-refractivity contribution in [2.24, 2.45) is 0 Å². The Bertz CT molecular complexity index is 147. The molecule has 0 amide bonds. The van der Waals surface area contributed by atoms with Crippen LogP contribution in [0.5, 0.6) is 0 Å². The summed E-state index contributed by atoms with van der Waals surface area (Å²) in [6.07, 6.45) is 0.902. The summed E-state index contributed by atoms with van der Waals surface area (Å²) in [7, 11) is 0. The van der Waals surface area contributed by atoms with Crippen molar-refractivity contribution in [2.75, 3.05) is 13.2 Å². The smallest absolute Gasteiger partial charge is 0.180 e. The van der Waals surface area contributed by atoms with Crippen LogP contribution in [0, 0.1) is 10.8 Å². The first-order chi connectivity index (χ1) is 5.70. The van der Waals surface area contributed by atoms with E-state index in [0.717, 1.165) is 0 Å². The van der Waals surface area contributed by atoms with Crippen LogP contribution in [0.15, 0.2) is 0 Å². The molecule has 0 unspecified atom stereocenters. The molecule has 0 fully saturated rings. The molecule has 0 rings (SSSR count). The Morgan fingerprint density at radius 2 is 1.14 bits per heavy atom. The predicted octanol–water partition coefficient (Wildman–Crippen LogP) is 2.64. The van der Waals surface area contributed by atoms with Gasteiger partial charge in [0.25, 0.3) is 0 Å². The fraction of sp³-hybridized carbons (Fsp3) is 0.750. The van der Waals surface area contributed by atoms with E-state index in [0.29, 0.717) is 26.1 Å². The number of halogens is 2. The van der Waals surface area contributed by atoms with E-state index >= 15 is 0 Å². The van der Waals surface area contributed by atoms with Gasteiger partial charge in [0.15, 0.2) is 11.8 Å². The number of rotatable bonds is 5. The molecule has 0 spiro atoms. The third kappa shape index (κ3) is 11.5. The van der Waals surface area contributed by atoms with E-state index in [2.05, 4.69) is 0 Å². The van der Waals surface area contributed by atoms with Gasteiger partial charge in [-0.3, -0.25) is 10.8 Å². The first-order valence-electron chi connectivity index (χ1n) is 4.11. The van der Waals surface area contributed by atoms with Gasteiger partial charge in [-0.25, -0.2) is 0 Å². The SMILES string of the molecule is CCOC(=N)CCC(=N)OCC.Cl.Cl. The van der Waals surface area contributed by atoms with E-state index in [4.69, 9.17) is 20.3 Å². The van der Waals surface area contributed by atoms with E-state index in [1.54, 1.807) is 0 Å². The zero-order chi connectivity index (χ0) is 9.40. The Labute approximate surface area is 97.2 Å². The number of hydrogen-bond acceptors (Lipinski definition) is 4. The lowest BCUT2D eigenvalue weighted by Gasteiger charge is -2.05. The van der Waals surface area contributed by atoms with Gasteiger partial charge in [-0.2, -0.15) is 0 Å². The van der Waals surface area contributed by atoms with Crippen LogP contribution in [0.3, 0.4) is 0 Å². The van der Waals surface area contributed by atoms with Crippen molar-refractivity contribution in [2.45, 2.75) is 26.7 Å². The van der Waals surface area contributed by atoms with Gasteiger partial charge in [0.2, 0.25) is 0 Å². The summed E-state index contributed by atoms with van der Waals surface area (Å²) < 4.78 is 9.80. The first kappa shape index (κ1) is 19.1. The fourth-order valence-corrected chi connectivity index (χ4v) is 0.720. The zero-order valence-electron chi connectivity index (χ0n) is 8.46. The molecule has 0 aliphatic rings. The maximum Gasteiger partial charge on any atom is 0.180 e. The summed E-state index contributed by atoms with van der Waals surface area (Å²) in [6, 6.07) is 0. The topological polar surface area (TPSA) is 66.2 Å². The molecule has 6 heteroatoms. The quantitative estimate of drug-likeness (QED) is 0.577. The average Bonchev–Trinajstić information content (AvgIpc) is 2.02. The summed E-state index contributed by atoms with van der Waals surface area (Å²) in [5, 5.41) is 14.5. The highest BCUT2D eigenvalue weighted by molar-refractivity contribution is 5.85. The van der Waals surface area contributed by atoms with Gasteiger partial charge in [0.1, 0.15) is 0 Å². The standard InChI is InChI=1S/C8H16N2O2.2ClH/c1-3-11-7(9)5-6-8(10)12-4-2;;/h9-10H,3-6H2,1-2H3;2*1H. The molecule has 4 nitrogen and oxygen atoms in total. The minimum Gasteiger partial charge on any atom is -0.481 e. The molecule has 0 bridgehead atoms. The monoisotopic (exact) mass is 244 g/mol.